The predicted molar refractivity (Wildman–Crippen MR) is 114 cm³/mol. The molecule has 0 bridgehead atoms. The number of nitriles is 1. The minimum atomic E-state index is -0.701. The Kier molecular flexibility index (Phi) is 5.86. The van der Waals surface area contributed by atoms with Crippen LogP contribution in [-0.4, -0.2) is 15.9 Å². The highest BCUT2D eigenvalue weighted by Gasteiger charge is 2.25. The summed E-state index contributed by atoms with van der Waals surface area (Å²) >= 11 is 12.1. The van der Waals surface area contributed by atoms with Crippen LogP contribution in [0.2, 0.25) is 10.2 Å². The van der Waals surface area contributed by atoms with Gasteiger partial charge in [0, 0.05) is 12.1 Å². The van der Waals surface area contributed by atoms with Crippen molar-refractivity contribution in [1.82, 2.24) is 15.3 Å². The van der Waals surface area contributed by atoms with E-state index in [2.05, 4.69) is 21.4 Å². The standard InChI is InChI=1S/C22H17Cl2FN4O2/c1-11-28-19(21(24)29-11)22(30)27-10-14-4-5-17(23)20(18(14)25)31-16-7-12(9-26)6-15(8-16)13-2-3-13/h4-8,13H,2-3,10H2,1H3,(H,27,30)(H,28,29). The number of carbonyl (C=O) groups excluding carboxylic acids is 1. The van der Waals surface area contributed by atoms with Crippen LogP contribution < -0.4 is 10.1 Å². The number of H-pyrrole nitrogens is 1. The average molecular weight is 459 g/mol. The summed E-state index contributed by atoms with van der Waals surface area (Å²) in [6.45, 7) is 1.55. The van der Waals surface area contributed by atoms with Crippen molar-refractivity contribution < 1.29 is 13.9 Å². The van der Waals surface area contributed by atoms with Gasteiger partial charge in [0.15, 0.2) is 17.3 Å². The van der Waals surface area contributed by atoms with Gasteiger partial charge in [-0.05, 0) is 55.5 Å². The molecule has 6 nitrogen and oxygen atoms in total. The Morgan fingerprint density at radius 3 is 2.77 bits per heavy atom. The Labute approximate surface area is 188 Å². The lowest BCUT2D eigenvalue weighted by atomic mass is 10.1. The van der Waals surface area contributed by atoms with Gasteiger partial charge < -0.3 is 15.0 Å². The van der Waals surface area contributed by atoms with Gasteiger partial charge in [-0.3, -0.25) is 4.79 Å². The highest BCUT2D eigenvalue weighted by atomic mass is 35.5. The molecule has 1 fully saturated rings. The van der Waals surface area contributed by atoms with E-state index in [9.17, 15) is 10.1 Å². The van der Waals surface area contributed by atoms with Gasteiger partial charge in [-0.2, -0.15) is 5.26 Å². The van der Waals surface area contributed by atoms with Gasteiger partial charge in [0.1, 0.15) is 16.7 Å². The normalized spacial score (nSPS) is 13.0. The molecule has 3 aromatic rings. The molecule has 2 N–H and O–H groups in total. The summed E-state index contributed by atoms with van der Waals surface area (Å²) in [5.74, 6) is -0.182. The van der Waals surface area contributed by atoms with Crippen LogP contribution in [-0.2, 0) is 6.54 Å². The van der Waals surface area contributed by atoms with E-state index in [-0.39, 0.29) is 33.7 Å². The van der Waals surface area contributed by atoms with Crippen LogP contribution >= 0.6 is 23.2 Å². The summed E-state index contributed by atoms with van der Waals surface area (Å²) in [4.78, 5) is 19.0. The molecular weight excluding hydrogens is 442 g/mol. The van der Waals surface area contributed by atoms with Crippen LogP contribution in [0.3, 0.4) is 0 Å². The number of amides is 1. The number of ether oxygens (including phenoxy) is 1. The first kappa shape index (κ1) is 21.2. The molecule has 0 atom stereocenters. The van der Waals surface area contributed by atoms with Gasteiger partial charge >= 0.3 is 0 Å². The van der Waals surface area contributed by atoms with Crippen molar-refractivity contribution in [2.75, 3.05) is 0 Å². The Bertz CT molecular complexity index is 1210. The molecule has 1 heterocycles. The van der Waals surface area contributed by atoms with Crippen LogP contribution in [0.15, 0.2) is 30.3 Å². The van der Waals surface area contributed by atoms with Gasteiger partial charge in [-0.1, -0.05) is 29.3 Å². The maximum Gasteiger partial charge on any atom is 0.273 e. The van der Waals surface area contributed by atoms with E-state index in [4.69, 9.17) is 27.9 Å². The first-order chi connectivity index (χ1) is 14.9. The van der Waals surface area contributed by atoms with Gasteiger partial charge in [-0.25, -0.2) is 9.37 Å². The molecule has 2 aromatic carbocycles. The van der Waals surface area contributed by atoms with Crippen molar-refractivity contribution in [1.29, 1.82) is 5.26 Å². The van der Waals surface area contributed by atoms with E-state index in [0.717, 1.165) is 18.4 Å². The Morgan fingerprint density at radius 2 is 2.13 bits per heavy atom. The van der Waals surface area contributed by atoms with Gasteiger partial charge in [0.2, 0.25) is 0 Å². The highest BCUT2D eigenvalue weighted by Crippen LogP contribution is 2.42. The monoisotopic (exact) mass is 458 g/mol. The van der Waals surface area contributed by atoms with E-state index in [1.165, 1.54) is 18.2 Å². The van der Waals surface area contributed by atoms with Crippen LogP contribution in [0.1, 0.15) is 51.8 Å². The number of nitrogens with one attached hydrogen (secondary N) is 2. The molecule has 9 heteroatoms. The van der Waals surface area contributed by atoms with Crippen molar-refractivity contribution in [3.63, 3.8) is 0 Å². The quantitative estimate of drug-likeness (QED) is 0.500. The van der Waals surface area contributed by atoms with Crippen LogP contribution in [0.25, 0.3) is 0 Å². The fourth-order valence-corrected chi connectivity index (χ4v) is 3.64. The summed E-state index contributed by atoms with van der Waals surface area (Å²) in [6, 6.07) is 10.2. The van der Waals surface area contributed by atoms with Gasteiger partial charge in [0.05, 0.1) is 16.7 Å². The second-order valence-electron chi connectivity index (χ2n) is 7.30. The van der Waals surface area contributed by atoms with Crippen LogP contribution in [0.4, 0.5) is 4.39 Å². The van der Waals surface area contributed by atoms with E-state index >= 15 is 4.39 Å². The lowest BCUT2D eigenvalue weighted by Crippen LogP contribution is -2.24. The highest BCUT2D eigenvalue weighted by molar-refractivity contribution is 6.32. The third kappa shape index (κ3) is 4.66. The molecule has 4 rings (SSSR count). The third-order valence-corrected chi connectivity index (χ3v) is 5.46. The Morgan fingerprint density at radius 1 is 1.35 bits per heavy atom. The molecular formula is C22H17Cl2FN4O2. The molecule has 1 aliphatic carbocycles. The number of nitrogens with zero attached hydrogens (tertiary/aromatic N) is 2. The second-order valence-corrected chi connectivity index (χ2v) is 8.08. The molecule has 0 saturated heterocycles. The lowest BCUT2D eigenvalue weighted by Gasteiger charge is -2.13. The lowest BCUT2D eigenvalue weighted by molar-refractivity contribution is 0.0946. The zero-order chi connectivity index (χ0) is 22.1. The summed E-state index contributed by atoms with van der Waals surface area (Å²) < 4.78 is 20.9. The largest absolute Gasteiger partial charge is 0.453 e. The van der Waals surface area contributed by atoms with Crippen molar-refractivity contribution in [3.05, 3.63) is 74.5 Å². The van der Waals surface area contributed by atoms with Crippen molar-refractivity contribution in [3.8, 4) is 17.6 Å². The predicted octanol–water partition coefficient (Wildman–Crippen LogP) is 5.64. The molecule has 1 amide bonds. The fourth-order valence-electron chi connectivity index (χ4n) is 3.19. The second kappa shape index (κ2) is 8.58. The number of rotatable bonds is 6. The molecule has 0 spiro atoms. The Balaban J connectivity index is 1.55. The van der Waals surface area contributed by atoms with E-state index < -0.39 is 11.7 Å². The van der Waals surface area contributed by atoms with Crippen molar-refractivity contribution in [2.24, 2.45) is 0 Å². The molecule has 1 aromatic heterocycles. The molecule has 1 aliphatic rings. The molecule has 0 unspecified atom stereocenters. The first-order valence-corrected chi connectivity index (χ1v) is 10.3. The summed E-state index contributed by atoms with van der Waals surface area (Å²) in [5.41, 5.74) is 1.63. The maximum absolute atomic E-state index is 15.1. The fraction of sp³-hybridized carbons (Fsp3) is 0.227. The zero-order valence-corrected chi connectivity index (χ0v) is 17.9. The Hall–Kier alpha value is -3.08. The van der Waals surface area contributed by atoms with Gasteiger partial charge in [-0.15, -0.1) is 0 Å². The zero-order valence-electron chi connectivity index (χ0n) is 16.4. The topological polar surface area (TPSA) is 90.8 Å². The number of carbonyl (C=O) groups is 1. The molecule has 31 heavy (non-hydrogen) atoms. The SMILES string of the molecule is Cc1nc(C(=O)NCc2ccc(Cl)c(Oc3cc(C#N)cc(C4CC4)c3)c2F)c(Cl)[nH]1. The summed E-state index contributed by atoms with van der Waals surface area (Å²) in [6.07, 6.45) is 2.11. The molecule has 0 aliphatic heterocycles. The first-order valence-electron chi connectivity index (χ1n) is 9.56. The maximum atomic E-state index is 15.1. The summed E-state index contributed by atoms with van der Waals surface area (Å²) in [7, 11) is 0. The number of imidazole rings is 1. The van der Waals surface area contributed by atoms with Gasteiger partial charge in [0.25, 0.3) is 5.91 Å². The number of benzene rings is 2. The smallest absolute Gasteiger partial charge is 0.273 e. The minimum Gasteiger partial charge on any atom is -0.453 e. The van der Waals surface area contributed by atoms with Crippen LogP contribution in [0.5, 0.6) is 11.5 Å². The van der Waals surface area contributed by atoms with E-state index in [0.29, 0.717) is 23.1 Å². The van der Waals surface area contributed by atoms with Crippen LogP contribution in [0, 0.1) is 24.1 Å². The minimum absolute atomic E-state index is 0.0333. The number of aryl methyl sites for hydroxylation is 1. The number of aromatic nitrogens is 2. The van der Waals surface area contributed by atoms with Crippen molar-refractivity contribution >= 4 is 29.1 Å². The average Bonchev–Trinajstić information content (AvgIpc) is 3.54. The number of hydrogen-bond acceptors (Lipinski definition) is 4. The number of aromatic amines is 1. The number of halogens is 3. The summed E-state index contributed by atoms with van der Waals surface area (Å²) in [5, 5.41) is 12.1. The number of hydrogen-bond donors (Lipinski definition) is 2. The van der Waals surface area contributed by atoms with E-state index in [1.54, 1.807) is 13.0 Å². The van der Waals surface area contributed by atoms with Crippen molar-refractivity contribution in [2.45, 2.75) is 32.2 Å². The van der Waals surface area contributed by atoms with E-state index in [1.807, 2.05) is 6.07 Å². The molecule has 0 radical (unpaired) electrons. The molecule has 1 saturated carbocycles. The third-order valence-electron chi connectivity index (χ3n) is 4.89. The molecule has 158 valence electrons.